The first-order chi connectivity index (χ1) is 20.8. The first kappa shape index (κ1) is 32.1. The fourth-order valence-corrected chi connectivity index (χ4v) is 5.10. The summed E-state index contributed by atoms with van der Waals surface area (Å²) in [6, 6.07) is 6.24. The highest BCUT2D eigenvalue weighted by molar-refractivity contribution is 6.04. The molecule has 0 bridgehead atoms. The van der Waals surface area contributed by atoms with E-state index < -0.39 is 35.3 Å². The number of fused-ring (bicyclic) bond motifs is 1. The second-order valence-corrected chi connectivity index (χ2v) is 11.6. The molecular formula is C31H39N7O6. The SMILES string of the molecule is CC#CCn1c(N2CCC[C@@H](NC(=O)OC(C)(C)C)C2)nc2c1c(=O)n(CC(=O)c1ccccc1NC(=O)CC)c(=O)n2C. The highest BCUT2D eigenvalue weighted by Gasteiger charge is 2.29. The normalized spacial score (nSPS) is 15.0. The molecule has 0 spiro atoms. The molecular weight excluding hydrogens is 566 g/mol. The van der Waals surface area contributed by atoms with Crippen molar-refractivity contribution in [1.29, 1.82) is 0 Å². The van der Waals surface area contributed by atoms with Gasteiger partial charge in [0.1, 0.15) is 5.60 Å². The number of hydrogen-bond donors (Lipinski definition) is 2. The van der Waals surface area contributed by atoms with Crippen molar-refractivity contribution in [3.63, 3.8) is 0 Å². The van der Waals surface area contributed by atoms with Crippen LogP contribution in [0.4, 0.5) is 16.4 Å². The van der Waals surface area contributed by atoms with E-state index in [-0.39, 0.29) is 41.6 Å². The average molecular weight is 606 g/mol. The molecule has 4 rings (SSSR count). The summed E-state index contributed by atoms with van der Waals surface area (Å²) in [5.41, 5.74) is -1.23. The molecule has 13 heteroatoms. The zero-order chi connectivity index (χ0) is 32.2. The zero-order valence-corrected chi connectivity index (χ0v) is 26.0. The Hall–Kier alpha value is -4.86. The summed E-state index contributed by atoms with van der Waals surface area (Å²) < 4.78 is 9.20. The van der Waals surface area contributed by atoms with Crippen LogP contribution in [0.25, 0.3) is 11.2 Å². The van der Waals surface area contributed by atoms with Crippen molar-refractivity contribution in [2.75, 3.05) is 23.3 Å². The number of imidazole rings is 1. The maximum atomic E-state index is 13.9. The number of anilines is 2. The van der Waals surface area contributed by atoms with Gasteiger partial charge in [0.2, 0.25) is 11.9 Å². The fraction of sp³-hybridized carbons (Fsp3) is 0.484. The quantitative estimate of drug-likeness (QED) is 0.294. The Morgan fingerprint density at radius 2 is 1.86 bits per heavy atom. The lowest BCUT2D eigenvalue weighted by molar-refractivity contribution is -0.115. The van der Waals surface area contributed by atoms with Gasteiger partial charge in [-0.05, 0) is 52.7 Å². The summed E-state index contributed by atoms with van der Waals surface area (Å²) in [6.07, 6.45) is 1.19. The molecule has 1 aromatic carbocycles. The molecule has 13 nitrogen and oxygen atoms in total. The van der Waals surface area contributed by atoms with Gasteiger partial charge in [-0.3, -0.25) is 28.1 Å². The Morgan fingerprint density at radius 1 is 1.14 bits per heavy atom. The Balaban J connectivity index is 1.74. The number of hydrogen-bond acceptors (Lipinski definition) is 8. The van der Waals surface area contributed by atoms with Gasteiger partial charge in [-0.2, -0.15) is 4.98 Å². The number of piperidine rings is 1. The van der Waals surface area contributed by atoms with Crippen molar-refractivity contribution in [2.24, 2.45) is 7.05 Å². The molecule has 1 fully saturated rings. The number of alkyl carbamates (subject to hydrolysis) is 1. The number of benzene rings is 1. The Bertz CT molecular complexity index is 1770. The number of aryl methyl sites for hydroxylation is 1. The smallest absolute Gasteiger partial charge is 0.407 e. The summed E-state index contributed by atoms with van der Waals surface area (Å²) in [5, 5.41) is 5.61. The van der Waals surface area contributed by atoms with Gasteiger partial charge in [0.25, 0.3) is 5.56 Å². The standard InChI is InChI=1S/C31H39N7O6/c1-7-9-17-37-25-26(34-28(37)36-16-12-13-20(18-36)32-29(42)44-31(3,4)5)35(6)30(43)38(27(25)41)19-23(39)21-14-10-11-15-22(21)33-24(40)8-2/h10-11,14-15,20H,8,12-13,16-19H2,1-6H3,(H,32,42)(H,33,40)/t20-/m1/s1. The number of amides is 2. The molecule has 1 saturated heterocycles. The molecule has 2 aromatic heterocycles. The molecule has 2 N–H and O–H groups in total. The molecule has 2 amide bonds. The molecule has 234 valence electrons. The number of nitrogens with zero attached hydrogens (tertiary/aromatic N) is 5. The summed E-state index contributed by atoms with van der Waals surface area (Å²) >= 11 is 0. The van der Waals surface area contributed by atoms with Crippen molar-refractivity contribution in [3.8, 4) is 11.8 Å². The third-order valence-corrected chi connectivity index (χ3v) is 7.18. The molecule has 1 aliphatic heterocycles. The molecule has 3 heterocycles. The Kier molecular flexibility index (Phi) is 9.62. The topological polar surface area (TPSA) is 150 Å². The monoisotopic (exact) mass is 605 g/mol. The van der Waals surface area contributed by atoms with E-state index in [4.69, 9.17) is 9.72 Å². The van der Waals surface area contributed by atoms with Gasteiger partial charge >= 0.3 is 11.8 Å². The van der Waals surface area contributed by atoms with Crippen LogP contribution in [0, 0.1) is 11.8 Å². The Labute approximate surface area is 255 Å². The number of ether oxygens (including phenoxy) is 1. The van der Waals surface area contributed by atoms with Crippen LogP contribution in [-0.4, -0.2) is 61.2 Å². The van der Waals surface area contributed by atoms with Gasteiger partial charge in [0.15, 0.2) is 16.9 Å². The third-order valence-electron chi connectivity index (χ3n) is 7.18. The van der Waals surface area contributed by atoms with Crippen LogP contribution in [0.2, 0.25) is 0 Å². The fourth-order valence-electron chi connectivity index (χ4n) is 5.10. The second kappa shape index (κ2) is 13.2. The van der Waals surface area contributed by atoms with E-state index in [1.807, 2.05) is 4.90 Å². The summed E-state index contributed by atoms with van der Waals surface area (Å²) in [7, 11) is 1.50. The van der Waals surface area contributed by atoms with Crippen LogP contribution in [0.3, 0.4) is 0 Å². The lowest BCUT2D eigenvalue weighted by Gasteiger charge is -2.34. The molecule has 1 aliphatic rings. The first-order valence-electron chi connectivity index (χ1n) is 14.6. The van der Waals surface area contributed by atoms with E-state index >= 15 is 0 Å². The predicted molar refractivity (Wildman–Crippen MR) is 167 cm³/mol. The minimum absolute atomic E-state index is 0.121. The van der Waals surface area contributed by atoms with Gasteiger partial charge in [-0.1, -0.05) is 25.0 Å². The highest BCUT2D eigenvalue weighted by atomic mass is 16.6. The van der Waals surface area contributed by atoms with E-state index in [0.717, 1.165) is 17.4 Å². The molecule has 1 atom stereocenters. The van der Waals surface area contributed by atoms with Gasteiger partial charge in [-0.15, -0.1) is 5.92 Å². The number of carbonyl (C=O) groups excluding carboxylic acids is 3. The maximum Gasteiger partial charge on any atom is 0.407 e. The lowest BCUT2D eigenvalue weighted by atomic mass is 10.1. The number of aromatic nitrogens is 4. The molecule has 3 aromatic rings. The van der Waals surface area contributed by atoms with E-state index in [1.165, 1.54) is 11.6 Å². The van der Waals surface area contributed by atoms with Crippen LogP contribution >= 0.6 is 0 Å². The Morgan fingerprint density at radius 3 is 2.55 bits per heavy atom. The van der Waals surface area contributed by atoms with Crippen LogP contribution in [-0.2, 0) is 29.7 Å². The van der Waals surface area contributed by atoms with Crippen LogP contribution in [0.5, 0.6) is 0 Å². The van der Waals surface area contributed by atoms with Crippen LogP contribution in [0.15, 0.2) is 33.9 Å². The summed E-state index contributed by atoms with van der Waals surface area (Å²) in [6.45, 7) is 9.36. The average Bonchev–Trinajstić information content (AvgIpc) is 3.36. The molecule has 44 heavy (non-hydrogen) atoms. The maximum absolute atomic E-state index is 13.9. The molecule has 0 unspecified atom stereocenters. The van der Waals surface area contributed by atoms with Gasteiger partial charge in [-0.25, -0.2) is 9.59 Å². The highest BCUT2D eigenvalue weighted by Crippen LogP contribution is 2.24. The van der Waals surface area contributed by atoms with Crippen molar-refractivity contribution in [3.05, 3.63) is 50.7 Å². The van der Waals surface area contributed by atoms with E-state index in [1.54, 1.807) is 63.5 Å². The number of Topliss-reactive ketones (excluding diaryl/α,β-unsaturated/α-hetero) is 1. The second-order valence-electron chi connectivity index (χ2n) is 11.6. The lowest BCUT2D eigenvalue weighted by Crippen LogP contribution is -2.49. The molecule has 0 aliphatic carbocycles. The molecule has 0 saturated carbocycles. The number of para-hydroxylation sites is 1. The minimum Gasteiger partial charge on any atom is -0.444 e. The van der Waals surface area contributed by atoms with Crippen molar-refractivity contribution in [1.82, 2.24) is 24.0 Å². The van der Waals surface area contributed by atoms with Crippen molar-refractivity contribution >= 4 is 40.6 Å². The number of ketones is 1. The van der Waals surface area contributed by atoms with E-state index in [2.05, 4.69) is 22.5 Å². The largest absolute Gasteiger partial charge is 0.444 e. The van der Waals surface area contributed by atoms with Crippen LogP contribution < -0.4 is 26.8 Å². The zero-order valence-electron chi connectivity index (χ0n) is 26.0. The van der Waals surface area contributed by atoms with Crippen molar-refractivity contribution in [2.45, 2.75) is 78.6 Å². The number of carbonyl (C=O) groups is 3. The van der Waals surface area contributed by atoms with E-state index in [0.29, 0.717) is 24.7 Å². The van der Waals surface area contributed by atoms with Crippen molar-refractivity contribution < 1.29 is 19.1 Å². The van der Waals surface area contributed by atoms with Gasteiger partial charge in [0.05, 0.1) is 18.8 Å². The van der Waals surface area contributed by atoms with Gasteiger partial charge < -0.3 is 20.3 Å². The van der Waals surface area contributed by atoms with Crippen LogP contribution in [0.1, 0.15) is 64.2 Å². The minimum atomic E-state index is -0.702. The predicted octanol–water partition coefficient (Wildman–Crippen LogP) is 2.64. The van der Waals surface area contributed by atoms with E-state index in [9.17, 15) is 24.0 Å². The van der Waals surface area contributed by atoms with Gasteiger partial charge in [0, 0.05) is 38.2 Å². The number of rotatable bonds is 8. The summed E-state index contributed by atoms with van der Waals surface area (Å²) in [4.78, 5) is 71.9. The number of nitrogens with one attached hydrogen (secondary N) is 2. The third kappa shape index (κ3) is 7.02. The first-order valence-corrected chi connectivity index (χ1v) is 14.6. The molecule has 0 radical (unpaired) electrons. The summed E-state index contributed by atoms with van der Waals surface area (Å²) in [5.74, 6) is 5.48.